The van der Waals surface area contributed by atoms with Gasteiger partial charge in [0.1, 0.15) is 5.69 Å². The first kappa shape index (κ1) is 19.4. The zero-order valence-electron chi connectivity index (χ0n) is 15.7. The maximum absolute atomic E-state index is 6.20. The number of nitrogens with one attached hydrogen (secondary N) is 2. The van der Waals surface area contributed by atoms with Crippen molar-refractivity contribution < 1.29 is 0 Å². The van der Waals surface area contributed by atoms with Crippen molar-refractivity contribution in [1.29, 1.82) is 0 Å². The summed E-state index contributed by atoms with van der Waals surface area (Å²) in [6.45, 7) is 7.99. The SMILES string of the molecule is CCn1cc(Cl)c(CNC(=S)Nc2c(C)nn(Cc3ccccc3)c2C)n1. The largest absolute Gasteiger partial charge is 0.357 e. The number of nitrogens with zero attached hydrogens (tertiary/aromatic N) is 4. The van der Waals surface area contributed by atoms with Crippen molar-refractivity contribution in [3.8, 4) is 0 Å². The number of halogens is 1. The molecule has 0 saturated heterocycles. The van der Waals surface area contributed by atoms with Crippen molar-refractivity contribution in [1.82, 2.24) is 24.9 Å². The number of aryl methyl sites for hydroxylation is 2. The van der Waals surface area contributed by atoms with Crippen molar-refractivity contribution in [3.63, 3.8) is 0 Å². The van der Waals surface area contributed by atoms with Gasteiger partial charge in [-0.05, 0) is 38.6 Å². The molecule has 1 aromatic carbocycles. The topological polar surface area (TPSA) is 59.7 Å². The van der Waals surface area contributed by atoms with Crippen LogP contribution in [0, 0.1) is 13.8 Å². The van der Waals surface area contributed by atoms with Crippen LogP contribution in [0.3, 0.4) is 0 Å². The summed E-state index contributed by atoms with van der Waals surface area (Å²) in [7, 11) is 0. The fourth-order valence-corrected chi connectivity index (χ4v) is 3.22. The van der Waals surface area contributed by atoms with Gasteiger partial charge in [0.05, 0.1) is 35.2 Å². The standard InChI is InChI=1S/C19H23ClN6S/c1-4-25-12-16(20)17(24-25)10-21-19(27)22-18-13(2)23-26(14(18)3)11-15-8-6-5-7-9-15/h5-9,12H,4,10-11H2,1-3H3,(H2,21,22,27). The molecule has 0 amide bonds. The summed E-state index contributed by atoms with van der Waals surface area (Å²) >= 11 is 11.6. The third kappa shape index (κ3) is 4.67. The molecule has 0 bridgehead atoms. The molecule has 0 unspecified atom stereocenters. The fourth-order valence-electron chi connectivity index (χ4n) is 2.83. The van der Waals surface area contributed by atoms with Crippen LogP contribution in [0.2, 0.25) is 5.02 Å². The van der Waals surface area contributed by atoms with Gasteiger partial charge in [0.25, 0.3) is 0 Å². The Labute approximate surface area is 169 Å². The van der Waals surface area contributed by atoms with Gasteiger partial charge in [0.15, 0.2) is 5.11 Å². The van der Waals surface area contributed by atoms with E-state index in [0.29, 0.717) is 16.7 Å². The van der Waals surface area contributed by atoms with E-state index in [2.05, 4.69) is 33.0 Å². The highest BCUT2D eigenvalue weighted by Gasteiger charge is 2.14. The molecule has 8 heteroatoms. The molecular weight excluding hydrogens is 380 g/mol. The van der Waals surface area contributed by atoms with E-state index in [1.807, 2.05) is 49.8 Å². The highest BCUT2D eigenvalue weighted by Crippen LogP contribution is 2.20. The fraction of sp³-hybridized carbons (Fsp3) is 0.316. The zero-order chi connectivity index (χ0) is 19.4. The van der Waals surface area contributed by atoms with Gasteiger partial charge in [-0.25, -0.2) is 0 Å². The van der Waals surface area contributed by atoms with Crippen molar-refractivity contribution in [2.45, 2.75) is 40.4 Å². The van der Waals surface area contributed by atoms with Gasteiger partial charge in [0, 0.05) is 12.7 Å². The van der Waals surface area contributed by atoms with E-state index in [4.69, 9.17) is 23.8 Å². The average molecular weight is 403 g/mol. The number of benzene rings is 1. The van der Waals surface area contributed by atoms with Crippen LogP contribution in [-0.2, 0) is 19.6 Å². The van der Waals surface area contributed by atoms with E-state index in [1.165, 1.54) is 5.56 Å². The molecule has 0 saturated carbocycles. The van der Waals surface area contributed by atoms with Gasteiger partial charge in [-0.15, -0.1) is 0 Å². The molecule has 3 aromatic rings. The van der Waals surface area contributed by atoms with Crippen LogP contribution in [0.4, 0.5) is 5.69 Å². The maximum Gasteiger partial charge on any atom is 0.171 e. The number of thiocarbonyl (C=S) groups is 1. The number of anilines is 1. The lowest BCUT2D eigenvalue weighted by Crippen LogP contribution is -2.28. The van der Waals surface area contributed by atoms with Crippen LogP contribution in [0.5, 0.6) is 0 Å². The molecule has 2 aromatic heterocycles. The third-order valence-electron chi connectivity index (χ3n) is 4.32. The van der Waals surface area contributed by atoms with Gasteiger partial charge in [0.2, 0.25) is 0 Å². The predicted molar refractivity (Wildman–Crippen MR) is 113 cm³/mol. The van der Waals surface area contributed by atoms with Gasteiger partial charge in [-0.3, -0.25) is 9.36 Å². The summed E-state index contributed by atoms with van der Waals surface area (Å²) in [5.41, 5.74) is 4.84. The van der Waals surface area contributed by atoms with Crippen molar-refractivity contribution >= 4 is 34.6 Å². The Balaban J connectivity index is 1.64. The monoisotopic (exact) mass is 402 g/mol. The summed E-state index contributed by atoms with van der Waals surface area (Å²) in [5, 5.41) is 16.6. The van der Waals surface area contributed by atoms with E-state index < -0.39 is 0 Å². The summed E-state index contributed by atoms with van der Waals surface area (Å²) in [4.78, 5) is 0. The Morgan fingerprint density at radius 3 is 2.59 bits per heavy atom. The molecule has 142 valence electrons. The van der Waals surface area contributed by atoms with Gasteiger partial charge >= 0.3 is 0 Å². The normalized spacial score (nSPS) is 10.8. The van der Waals surface area contributed by atoms with Crippen molar-refractivity contribution in [3.05, 3.63) is 64.2 Å². The van der Waals surface area contributed by atoms with E-state index in [0.717, 1.165) is 35.9 Å². The Kier molecular flexibility index (Phi) is 6.13. The maximum atomic E-state index is 6.20. The molecule has 27 heavy (non-hydrogen) atoms. The molecule has 2 N–H and O–H groups in total. The molecule has 0 aliphatic rings. The molecule has 0 radical (unpaired) electrons. The molecule has 0 aliphatic carbocycles. The average Bonchev–Trinajstić information content (AvgIpc) is 3.15. The van der Waals surface area contributed by atoms with Gasteiger partial charge in [-0.1, -0.05) is 41.9 Å². The number of hydrogen-bond acceptors (Lipinski definition) is 3. The lowest BCUT2D eigenvalue weighted by molar-refractivity contribution is 0.643. The highest BCUT2D eigenvalue weighted by molar-refractivity contribution is 7.80. The first-order valence-corrected chi connectivity index (χ1v) is 9.61. The second-order valence-corrected chi connectivity index (χ2v) is 7.09. The summed E-state index contributed by atoms with van der Waals surface area (Å²) in [6.07, 6.45) is 1.82. The Morgan fingerprint density at radius 1 is 1.19 bits per heavy atom. The van der Waals surface area contributed by atoms with Gasteiger partial charge < -0.3 is 10.6 Å². The minimum atomic E-state index is 0.466. The summed E-state index contributed by atoms with van der Waals surface area (Å²) in [6, 6.07) is 10.3. The van der Waals surface area contributed by atoms with Crippen LogP contribution in [-0.4, -0.2) is 24.7 Å². The van der Waals surface area contributed by atoms with Crippen LogP contribution in [0.25, 0.3) is 0 Å². The number of aromatic nitrogens is 4. The molecule has 0 atom stereocenters. The Morgan fingerprint density at radius 2 is 1.93 bits per heavy atom. The summed E-state index contributed by atoms with van der Waals surface area (Å²) in [5.74, 6) is 0. The predicted octanol–water partition coefficient (Wildman–Crippen LogP) is 3.90. The van der Waals surface area contributed by atoms with Crippen LogP contribution >= 0.6 is 23.8 Å². The molecular formula is C19H23ClN6S. The summed E-state index contributed by atoms with van der Waals surface area (Å²) < 4.78 is 3.78. The second kappa shape index (κ2) is 8.54. The van der Waals surface area contributed by atoms with E-state index in [9.17, 15) is 0 Å². The number of hydrogen-bond donors (Lipinski definition) is 2. The van der Waals surface area contributed by atoms with Crippen molar-refractivity contribution in [2.24, 2.45) is 0 Å². The van der Waals surface area contributed by atoms with Crippen LogP contribution < -0.4 is 10.6 Å². The number of rotatable bonds is 6. The minimum Gasteiger partial charge on any atom is -0.357 e. The van der Waals surface area contributed by atoms with Crippen molar-refractivity contribution in [2.75, 3.05) is 5.32 Å². The second-order valence-electron chi connectivity index (χ2n) is 6.28. The molecule has 0 aliphatic heterocycles. The molecule has 2 heterocycles. The molecule has 6 nitrogen and oxygen atoms in total. The lowest BCUT2D eigenvalue weighted by atomic mass is 10.2. The smallest absolute Gasteiger partial charge is 0.171 e. The Bertz CT molecular complexity index is 931. The van der Waals surface area contributed by atoms with E-state index in [-0.39, 0.29) is 0 Å². The molecule has 3 rings (SSSR count). The van der Waals surface area contributed by atoms with E-state index >= 15 is 0 Å². The lowest BCUT2D eigenvalue weighted by Gasteiger charge is -2.11. The first-order valence-electron chi connectivity index (χ1n) is 8.82. The third-order valence-corrected chi connectivity index (χ3v) is 4.88. The quantitative estimate of drug-likeness (QED) is 0.612. The first-order chi connectivity index (χ1) is 13.0. The minimum absolute atomic E-state index is 0.466. The molecule has 0 fully saturated rings. The zero-order valence-corrected chi connectivity index (χ0v) is 17.2. The van der Waals surface area contributed by atoms with Crippen LogP contribution in [0.15, 0.2) is 36.5 Å². The van der Waals surface area contributed by atoms with Crippen LogP contribution in [0.1, 0.15) is 29.6 Å². The van der Waals surface area contributed by atoms with Gasteiger partial charge in [-0.2, -0.15) is 10.2 Å². The van der Waals surface area contributed by atoms with E-state index in [1.54, 1.807) is 4.68 Å². The Hall–Kier alpha value is -2.38. The molecule has 0 spiro atoms. The highest BCUT2D eigenvalue weighted by atomic mass is 35.5.